The molecule has 0 radical (unpaired) electrons. The maximum absolute atomic E-state index is 2.42. The molecule has 0 aromatic rings. The van der Waals surface area contributed by atoms with Crippen LogP contribution in [0, 0.1) is 11.3 Å². The zero-order valence-electron chi connectivity index (χ0n) is 8.89. The minimum Gasteiger partial charge on any atom is -0.0885 e. The van der Waals surface area contributed by atoms with Gasteiger partial charge in [-0.3, -0.25) is 0 Å². The van der Waals surface area contributed by atoms with Gasteiger partial charge in [0.05, 0.1) is 0 Å². The molecule has 0 atom stereocenters. The Morgan fingerprint density at radius 3 is 2.00 bits per heavy atom. The van der Waals surface area contributed by atoms with Crippen molar-refractivity contribution in [3.63, 3.8) is 0 Å². The zero-order valence-corrected chi connectivity index (χ0v) is 8.89. The molecule has 1 fully saturated rings. The van der Waals surface area contributed by atoms with Crippen LogP contribution in [0.2, 0.25) is 0 Å². The van der Waals surface area contributed by atoms with Crippen molar-refractivity contribution in [3.05, 3.63) is 12.2 Å². The molecule has 0 saturated heterocycles. The summed E-state index contributed by atoms with van der Waals surface area (Å²) in [7, 11) is 0. The highest BCUT2D eigenvalue weighted by atomic mass is 14.4. The lowest BCUT2D eigenvalue weighted by atomic mass is 9.67. The van der Waals surface area contributed by atoms with Crippen LogP contribution in [0.1, 0.15) is 58.3 Å². The van der Waals surface area contributed by atoms with Gasteiger partial charge in [-0.2, -0.15) is 0 Å². The Labute approximate surface area is 82.4 Å². The van der Waals surface area contributed by atoms with E-state index in [1.165, 1.54) is 51.4 Å². The van der Waals surface area contributed by atoms with Crippen LogP contribution < -0.4 is 0 Å². The Balaban J connectivity index is 1.96. The van der Waals surface area contributed by atoms with Crippen LogP contribution in [0.4, 0.5) is 0 Å². The second-order valence-electron chi connectivity index (χ2n) is 5.23. The number of allylic oxidation sites excluding steroid dienone is 2. The SMILES string of the molecule is CC1CCC2(CCC=CCC2)CC1. The summed E-state index contributed by atoms with van der Waals surface area (Å²) in [5, 5.41) is 0. The van der Waals surface area contributed by atoms with Crippen LogP contribution in [-0.2, 0) is 0 Å². The molecule has 0 nitrogen and oxygen atoms in total. The maximum atomic E-state index is 2.42. The summed E-state index contributed by atoms with van der Waals surface area (Å²) in [5.74, 6) is 1.00. The van der Waals surface area contributed by atoms with E-state index in [0.717, 1.165) is 11.3 Å². The fourth-order valence-electron chi connectivity index (χ4n) is 3.01. The molecule has 0 aromatic carbocycles. The largest absolute Gasteiger partial charge is 0.0885 e. The summed E-state index contributed by atoms with van der Waals surface area (Å²) < 4.78 is 0. The number of rotatable bonds is 0. The fraction of sp³-hybridized carbons (Fsp3) is 0.846. The highest BCUT2D eigenvalue weighted by Crippen LogP contribution is 2.46. The third-order valence-electron chi connectivity index (χ3n) is 4.18. The van der Waals surface area contributed by atoms with Gasteiger partial charge >= 0.3 is 0 Å². The van der Waals surface area contributed by atoms with Crippen LogP contribution in [0.15, 0.2) is 12.2 Å². The molecule has 0 amide bonds. The van der Waals surface area contributed by atoms with E-state index in [1.807, 2.05) is 0 Å². The smallest absolute Gasteiger partial charge is 0.0291 e. The van der Waals surface area contributed by atoms with Crippen LogP contribution in [0.25, 0.3) is 0 Å². The molecule has 74 valence electrons. The van der Waals surface area contributed by atoms with Crippen LogP contribution in [-0.4, -0.2) is 0 Å². The highest BCUT2D eigenvalue weighted by molar-refractivity contribution is 4.94. The molecule has 13 heavy (non-hydrogen) atoms. The summed E-state index contributed by atoms with van der Waals surface area (Å²) >= 11 is 0. The van der Waals surface area contributed by atoms with Crippen molar-refractivity contribution >= 4 is 0 Å². The first-order chi connectivity index (χ1) is 6.31. The molecule has 0 N–H and O–H groups in total. The summed E-state index contributed by atoms with van der Waals surface area (Å²) in [5.41, 5.74) is 0.760. The Morgan fingerprint density at radius 1 is 0.923 bits per heavy atom. The van der Waals surface area contributed by atoms with Crippen molar-refractivity contribution in [2.24, 2.45) is 11.3 Å². The van der Waals surface area contributed by atoms with Gasteiger partial charge in [-0.05, 0) is 49.9 Å². The molecule has 0 unspecified atom stereocenters. The van der Waals surface area contributed by atoms with Gasteiger partial charge < -0.3 is 0 Å². The second-order valence-corrected chi connectivity index (χ2v) is 5.23. The molecular formula is C13H22. The van der Waals surface area contributed by atoms with Crippen LogP contribution in [0.5, 0.6) is 0 Å². The van der Waals surface area contributed by atoms with E-state index in [0.29, 0.717) is 0 Å². The number of hydrogen-bond acceptors (Lipinski definition) is 0. The molecule has 1 spiro atoms. The van der Waals surface area contributed by atoms with Gasteiger partial charge in [0.2, 0.25) is 0 Å². The van der Waals surface area contributed by atoms with Crippen LogP contribution in [0.3, 0.4) is 0 Å². The Kier molecular flexibility index (Phi) is 2.76. The van der Waals surface area contributed by atoms with E-state index in [4.69, 9.17) is 0 Å². The van der Waals surface area contributed by atoms with Crippen molar-refractivity contribution in [2.45, 2.75) is 58.3 Å². The van der Waals surface area contributed by atoms with Gasteiger partial charge in [0, 0.05) is 0 Å². The van der Waals surface area contributed by atoms with E-state index >= 15 is 0 Å². The van der Waals surface area contributed by atoms with Crippen molar-refractivity contribution in [1.82, 2.24) is 0 Å². The molecule has 2 rings (SSSR count). The van der Waals surface area contributed by atoms with Crippen molar-refractivity contribution < 1.29 is 0 Å². The fourth-order valence-corrected chi connectivity index (χ4v) is 3.01. The summed E-state index contributed by atoms with van der Waals surface area (Å²) in [6.07, 6.45) is 16.4. The van der Waals surface area contributed by atoms with Crippen molar-refractivity contribution in [1.29, 1.82) is 0 Å². The van der Waals surface area contributed by atoms with Gasteiger partial charge in [0.25, 0.3) is 0 Å². The van der Waals surface area contributed by atoms with Crippen LogP contribution >= 0.6 is 0 Å². The average molecular weight is 178 g/mol. The quantitative estimate of drug-likeness (QED) is 0.485. The lowest BCUT2D eigenvalue weighted by Gasteiger charge is -2.39. The van der Waals surface area contributed by atoms with Crippen molar-refractivity contribution in [2.75, 3.05) is 0 Å². The summed E-state index contributed by atoms with van der Waals surface area (Å²) in [6.45, 7) is 2.42. The minimum absolute atomic E-state index is 0.760. The molecule has 2 aliphatic rings. The zero-order chi connectivity index (χ0) is 9.15. The molecular weight excluding hydrogens is 156 g/mol. The standard InChI is InChI=1S/C13H22/c1-12-6-10-13(11-7-12)8-4-2-3-5-9-13/h2-3,12H,4-11H2,1H3. The maximum Gasteiger partial charge on any atom is -0.0291 e. The third kappa shape index (κ3) is 2.15. The molecule has 0 bridgehead atoms. The van der Waals surface area contributed by atoms with Gasteiger partial charge in [-0.1, -0.05) is 31.9 Å². The van der Waals surface area contributed by atoms with E-state index in [-0.39, 0.29) is 0 Å². The molecule has 0 aromatic heterocycles. The van der Waals surface area contributed by atoms with Gasteiger partial charge in [0.1, 0.15) is 0 Å². The summed E-state index contributed by atoms with van der Waals surface area (Å²) in [4.78, 5) is 0. The van der Waals surface area contributed by atoms with Gasteiger partial charge in [-0.15, -0.1) is 0 Å². The molecule has 0 aliphatic heterocycles. The van der Waals surface area contributed by atoms with E-state index in [9.17, 15) is 0 Å². The normalized spacial score (nSPS) is 29.0. The van der Waals surface area contributed by atoms with E-state index < -0.39 is 0 Å². The lowest BCUT2D eigenvalue weighted by Crippen LogP contribution is -2.26. The minimum atomic E-state index is 0.760. The Morgan fingerprint density at radius 2 is 1.46 bits per heavy atom. The third-order valence-corrected chi connectivity index (χ3v) is 4.18. The predicted octanol–water partition coefficient (Wildman–Crippen LogP) is 4.31. The first-order valence-electron chi connectivity index (χ1n) is 5.96. The Bertz CT molecular complexity index is 170. The van der Waals surface area contributed by atoms with E-state index in [2.05, 4.69) is 19.1 Å². The first kappa shape index (κ1) is 9.30. The topological polar surface area (TPSA) is 0 Å². The average Bonchev–Trinajstić information content (AvgIpc) is 2.37. The second kappa shape index (κ2) is 3.86. The predicted molar refractivity (Wildman–Crippen MR) is 57.7 cm³/mol. The molecule has 2 aliphatic carbocycles. The lowest BCUT2D eigenvalue weighted by molar-refractivity contribution is 0.134. The molecule has 0 heteroatoms. The molecule has 0 heterocycles. The summed E-state index contributed by atoms with van der Waals surface area (Å²) in [6, 6.07) is 0. The van der Waals surface area contributed by atoms with Gasteiger partial charge in [0.15, 0.2) is 0 Å². The Hall–Kier alpha value is -0.260. The molecule has 1 saturated carbocycles. The highest BCUT2D eigenvalue weighted by Gasteiger charge is 2.33. The monoisotopic (exact) mass is 178 g/mol. The first-order valence-corrected chi connectivity index (χ1v) is 5.96. The van der Waals surface area contributed by atoms with Crippen molar-refractivity contribution in [3.8, 4) is 0 Å². The number of hydrogen-bond donors (Lipinski definition) is 0. The van der Waals surface area contributed by atoms with Gasteiger partial charge in [-0.25, -0.2) is 0 Å². The van der Waals surface area contributed by atoms with E-state index in [1.54, 1.807) is 0 Å².